The highest BCUT2D eigenvalue weighted by atomic mass is 16.3. The first kappa shape index (κ1) is 9.83. The van der Waals surface area contributed by atoms with E-state index >= 15 is 0 Å². The Morgan fingerprint density at radius 2 is 2.00 bits per heavy atom. The molecule has 0 heterocycles. The largest absolute Gasteiger partial charge is 0.392 e. The van der Waals surface area contributed by atoms with E-state index in [9.17, 15) is 5.11 Å². The van der Waals surface area contributed by atoms with Crippen LogP contribution in [0, 0.1) is 11.8 Å². The van der Waals surface area contributed by atoms with Gasteiger partial charge in [-0.05, 0) is 18.9 Å². The molecule has 0 fully saturated rings. The monoisotopic (exact) mass is 174 g/mol. The predicted molar refractivity (Wildman–Crippen MR) is 54.2 cm³/mol. The van der Waals surface area contributed by atoms with E-state index in [4.69, 9.17) is 0 Å². The highest BCUT2D eigenvalue weighted by Gasteiger charge is 2.02. The molecule has 0 bridgehead atoms. The van der Waals surface area contributed by atoms with Crippen molar-refractivity contribution < 1.29 is 5.11 Å². The minimum atomic E-state index is -0.338. The van der Waals surface area contributed by atoms with Crippen molar-refractivity contribution in [2.24, 2.45) is 0 Å². The summed E-state index contributed by atoms with van der Waals surface area (Å²) >= 11 is 0. The van der Waals surface area contributed by atoms with Crippen molar-refractivity contribution in [1.29, 1.82) is 0 Å². The smallest absolute Gasteiger partial charge is 0.0689 e. The molecule has 13 heavy (non-hydrogen) atoms. The van der Waals surface area contributed by atoms with Crippen LogP contribution in [0.1, 0.15) is 18.9 Å². The van der Waals surface area contributed by atoms with Crippen LogP contribution in [0.5, 0.6) is 0 Å². The standard InChI is InChI=1S/C12H14O/c1-2-3-9-12(13)10-11-7-5-4-6-8-11/h4-8,12-13H,9-10H2,1H3. The summed E-state index contributed by atoms with van der Waals surface area (Å²) in [6.45, 7) is 1.79. The number of rotatable bonds is 3. The second kappa shape index (κ2) is 5.40. The van der Waals surface area contributed by atoms with Gasteiger partial charge in [0, 0.05) is 6.42 Å². The van der Waals surface area contributed by atoms with Gasteiger partial charge in [-0.3, -0.25) is 0 Å². The van der Waals surface area contributed by atoms with E-state index in [0.29, 0.717) is 12.8 Å². The summed E-state index contributed by atoms with van der Waals surface area (Å²) in [7, 11) is 0. The number of hydrogen-bond acceptors (Lipinski definition) is 1. The Morgan fingerprint density at radius 3 is 2.62 bits per heavy atom. The number of aliphatic hydroxyl groups excluding tert-OH is 1. The first-order valence-electron chi connectivity index (χ1n) is 4.44. The van der Waals surface area contributed by atoms with E-state index in [2.05, 4.69) is 11.8 Å². The summed E-state index contributed by atoms with van der Waals surface area (Å²) in [6, 6.07) is 9.97. The molecule has 1 atom stereocenters. The van der Waals surface area contributed by atoms with E-state index in [1.807, 2.05) is 30.3 Å². The van der Waals surface area contributed by atoms with Gasteiger partial charge >= 0.3 is 0 Å². The quantitative estimate of drug-likeness (QED) is 0.695. The third-order valence-electron chi connectivity index (χ3n) is 1.83. The molecule has 1 unspecified atom stereocenters. The van der Waals surface area contributed by atoms with Crippen LogP contribution in [-0.2, 0) is 6.42 Å². The van der Waals surface area contributed by atoms with Crippen LogP contribution in [0.25, 0.3) is 0 Å². The van der Waals surface area contributed by atoms with E-state index < -0.39 is 0 Å². The molecule has 1 aromatic rings. The Labute approximate surface area is 79.4 Å². The van der Waals surface area contributed by atoms with Crippen LogP contribution in [0.4, 0.5) is 0 Å². The molecule has 0 radical (unpaired) electrons. The topological polar surface area (TPSA) is 20.2 Å². The Hall–Kier alpha value is -1.26. The van der Waals surface area contributed by atoms with Crippen molar-refractivity contribution in [1.82, 2.24) is 0 Å². The molecule has 0 aliphatic heterocycles. The van der Waals surface area contributed by atoms with Crippen molar-refractivity contribution in [2.45, 2.75) is 25.9 Å². The second-order valence-corrected chi connectivity index (χ2v) is 2.97. The fraction of sp³-hybridized carbons (Fsp3) is 0.333. The summed E-state index contributed by atoms with van der Waals surface area (Å²) in [4.78, 5) is 0. The van der Waals surface area contributed by atoms with Gasteiger partial charge in [-0.15, -0.1) is 11.8 Å². The van der Waals surface area contributed by atoms with E-state index in [1.54, 1.807) is 6.92 Å². The average molecular weight is 174 g/mol. The van der Waals surface area contributed by atoms with Gasteiger partial charge in [0.05, 0.1) is 6.10 Å². The van der Waals surface area contributed by atoms with Gasteiger partial charge in [0.1, 0.15) is 0 Å². The van der Waals surface area contributed by atoms with Crippen molar-refractivity contribution >= 4 is 0 Å². The molecular formula is C12H14O. The summed E-state index contributed by atoms with van der Waals surface area (Å²) in [5.74, 6) is 5.64. The second-order valence-electron chi connectivity index (χ2n) is 2.97. The Balaban J connectivity index is 2.44. The van der Waals surface area contributed by atoms with Crippen LogP contribution in [0.15, 0.2) is 30.3 Å². The molecule has 1 heteroatoms. The number of hydrogen-bond donors (Lipinski definition) is 1. The first-order valence-corrected chi connectivity index (χ1v) is 4.44. The maximum atomic E-state index is 9.53. The van der Waals surface area contributed by atoms with Crippen molar-refractivity contribution in [2.75, 3.05) is 0 Å². The van der Waals surface area contributed by atoms with E-state index in [0.717, 1.165) is 5.56 Å². The highest BCUT2D eigenvalue weighted by molar-refractivity contribution is 5.16. The average Bonchev–Trinajstić information content (AvgIpc) is 2.16. The summed E-state index contributed by atoms with van der Waals surface area (Å²) in [6.07, 6.45) is 0.913. The summed E-state index contributed by atoms with van der Waals surface area (Å²) in [5, 5.41) is 9.53. The molecule has 1 rings (SSSR count). The maximum Gasteiger partial charge on any atom is 0.0689 e. The molecule has 0 aliphatic rings. The predicted octanol–water partition coefficient (Wildman–Crippen LogP) is 2.00. The van der Waals surface area contributed by atoms with Gasteiger partial charge in [-0.1, -0.05) is 30.3 Å². The molecule has 0 amide bonds. The molecule has 0 aromatic heterocycles. The third-order valence-corrected chi connectivity index (χ3v) is 1.83. The lowest BCUT2D eigenvalue weighted by molar-refractivity contribution is 0.180. The van der Waals surface area contributed by atoms with Crippen LogP contribution >= 0.6 is 0 Å². The van der Waals surface area contributed by atoms with Gasteiger partial charge in [0.15, 0.2) is 0 Å². The van der Waals surface area contributed by atoms with Gasteiger partial charge in [0.25, 0.3) is 0 Å². The zero-order valence-electron chi connectivity index (χ0n) is 7.83. The van der Waals surface area contributed by atoms with Crippen molar-refractivity contribution in [3.05, 3.63) is 35.9 Å². The number of benzene rings is 1. The van der Waals surface area contributed by atoms with Crippen LogP contribution < -0.4 is 0 Å². The highest BCUT2D eigenvalue weighted by Crippen LogP contribution is 2.04. The summed E-state index contributed by atoms with van der Waals surface area (Å²) in [5.41, 5.74) is 1.16. The van der Waals surface area contributed by atoms with Crippen LogP contribution in [-0.4, -0.2) is 11.2 Å². The van der Waals surface area contributed by atoms with E-state index in [-0.39, 0.29) is 6.10 Å². The van der Waals surface area contributed by atoms with Crippen LogP contribution in [0.2, 0.25) is 0 Å². The Morgan fingerprint density at radius 1 is 1.31 bits per heavy atom. The van der Waals surface area contributed by atoms with Gasteiger partial charge in [0.2, 0.25) is 0 Å². The number of aliphatic hydroxyl groups is 1. The summed E-state index contributed by atoms with van der Waals surface area (Å²) < 4.78 is 0. The first-order chi connectivity index (χ1) is 6.33. The van der Waals surface area contributed by atoms with Gasteiger partial charge < -0.3 is 5.11 Å². The third kappa shape index (κ3) is 3.78. The lowest BCUT2D eigenvalue weighted by Gasteiger charge is -2.05. The molecule has 0 aliphatic carbocycles. The normalized spacial score (nSPS) is 11.5. The van der Waals surface area contributed by atoms with E-state index in [1.165, 1.54) is 0 Å². The minimum absolute atomic E-state index is 0.338. The SMILES string of the molecule is CC#CCC(O)Cc1ccccc1. The maximum absolute atomic E-state index is 9.53. The molecular weight excluding hydrogens is 160 g/mol. The molecule has 0 spiro atoms. The molecule has 1 nitrogen and oxygen atoms in total. The van der Waals surface area contributed by atoms with Crippen molar-refractivity contribution in [3.8, 4) is 11.8 Å². The molecule has 1 aromatic carbocycles. The lowest BCUT2D eigenvalue weighted by atomic mass is 10.1. The molecule has 68 valence electrons. The van der Waals surface area contributed by atoms with Gasteiger partial charge in [-0.25, -0.2) is 0 Å². The zero-order valence-corrected chi connectivity index (χ0v) is 7.83. The minimum Gasteiger partial charge on any atom is -0.392 e. The lowest BCUT2D eigenvalue weighted by Crippen LogP contribution is -2.08. The molecule has 0 saturated carbocycles. The molecule has 0 saturated heterocycles. The Bertz CT molecular complexity index is 292. The zero-order chi connectivity index (χ0) is 9.52. The molecule has 1 N–H and O–H groups in total. The fourth-order valence-corrected chi connectivity index (χ4v) is 1.18. The fourth-order valence-electron chi connectivity index (χ4n) is 1.18. The van der Waals surface area contributed by atoms with Crippen LogP contribution in [0.3, 0.4) is 0 Å². The van der Waals surface area contributed by atoms with Crippen molar-refractivity contribution in [3.63, 3.8) is 0 Å². The Kier molecular flexibility index (Phi) is 4.08. The van der Waals surface area contributed by atoms with Gasteiger partial charge in [-0.2, -0.15) is 0 Å².